The summed E-state index contributed by atoms with van der Waals surface area (Å²) in [5, 5.41) is 5.19. The lowest BCUT2D eigenvalue weighted by Gasteiger charge is -2.18. The molecule has 0 saturated heterocycles. The van der Waals surface area contributed by atoms with Crippen LogP contribution in [0.5, 0.6) is 17.2 Å². The Morgan fingerprint density at radius 3 is 2.39 bits per heavy atom. The SMILES string of the molecule is COC(=O)[C@@H](C)Oc1c(Cl)cc(C=Nn2c(-c3cc(C(C)C)c(OC)cc3C)nc3ccccc3c2=O)cc1OC. The van der Waals surface area contributed by atoms with Gasteiger partial charge in [0.05, 0.1) is 43.5 Å². The van der Waals surface area contributed by atoms with E-state index in [0.717, 1.165) is 22.4 Å². The lowest BCUT2D eigenvalue weighted by molar-refractivity contribution is -0.147. The van der Waals surface area contributed by atoms with Gasteiger partial charge in [-0.25, -0.2) is 9.78 Å². The van der Waals surface area contributed by atoms with Crippen molar-refractivity contribution in [3.05, 3.63) is 80.6 Å². The van der Waals surface area contributed by atoms with Gasteiger partial charge in [0.25, 0.3) is 5.56 Å². The van der Waals surface area contributed by atoms with Gasteiger partial charge in [0, 0.05) is 5.56 Å². The largest absolute Gasteiger partial charge is 0.496 e. The first-order valence-electron chi connectivity index (χ1n) is 13.0. The van der Waals surface area contributed by atoms with Crippen molar-refractivity contribution in [1.82, 2.24) is 9.66 Å². The fourth-order valence-electron chi connectivity index (χ4n) is 4.42. The third-order valence-electron chi connectivity index (χ3n) is 6.60. The van der Waals surface area contributed by atoms with Gasteiger partial charge in [-0.1, -0.05) is 37.6 Å². The summed E-state index contributed by atoms with van der Waals surface area (Å²) in [5.74, 6) is 1.24. The highest BCUT2D eigenvalue weighted by molar-refractivity contribution is 6.32. The van der Waals surface area contributed by atoms with E-state index >= 15 is 0 Å². The average Bonchev–Trinajstić information content (AvgIpc) is 2.96. The number of fused-ring (bicyclic) bond motifs is 1. The van der Waals surface area contributed by atoms with Crippen LogP contribution in [0.3, 0.4) is 0 Å². The minimum absolute atomic E-state index is 0.172. The fraction of sp³-hybridized carbons (Fsp3) is 0.290. The quantitative estimate of drug-likeness (QED) is 0.178. The van der Waals surface area contributed by atoms with Crippen molar-refractivity contribution in [2.75, 3.05) is 21.3 Å². The molecule has 0 aliphatic carbocycles. The van der Waals surface area contributed by atoms with Crippen LogP contribution in [0, 0.1) is 6.92 Å². The number of aryl methyl sites for hydroxylation is 1. The number of ether oxygens (including phenoxy) is 4. The van der Waals surface area contributed by atoms with Crippen LogP contribution in [0.2, 0.25) is 5.02 Å². The lowest BCUT2D eigenvalue weighted by Crippen LogP contribution is -2.25. The number of halogens is 1. The van der Waals surface area contributed by atoms with Crippen LogP contribution in [0.1, 0.15) is 43.4 Å². The minimum atomic E-state index is -0.904. The molecular weight excluding hydrogens is 546 g/mol. The molecule has 3 aromatic carbocycles. The Hall–Kier alpha value is -4.37. The zero-order valence-corrected chi connectivity index (χ0v) is 24.8. The topological polar surface area (TPSA) is 101 Å². The van der Waals surface area contributed by atoms with Gasteiger partial charge in [-0.2, -0.15) is 9.78 Å². The molecule has 10 heteroatoms. The third-order valence-corrected chi connectivity index (χ3v) is 6.88. The van der Waals surface area contributed by atoms with Gasteiger partial charge in [-0.3, -0.25) is 4.79 Å². The van der Waals surface area contributed by atoms with Gasteiger partial charge in [-0.05, 0) is 72.9 Å². The second kappa shape index (κ2) is 12.4. The summed E-state index contributed by atoms with van der Waals surface area (Å²) < 4.78 is 22.8. The van der Waals surface area contributed by atoms with Crippen LogP contribution in [0.4, 0.5) is 0 Å². The van der Waals surface area contributed by atoms with Crippen LogP contribution in [0.25, 0.3) is 22.3 Å². The number of hydrogen-bond donors (Lipinski definition) is 0. The molecule has 0 spiro atoms. The smallest absolute Gasteiger partial charge is 0.346 e. The molecule has 1 atom stereocenters. The van der Waals surface area contributed by atoms with E-state index in [1.54, 1.807) is 44.4 Å². The minimum Gasteiger partial charge on any atom is -0.496 e. The molecule has 0 unspecified atom stereocenters. The number of esters is 1. The molecule has 0 saturated carbocycles. The van der Waals surface area contributed by atoms with Crippen LogP contribution in [-0.2, 0) is 9.53 Å². The maximum atomic E-state index is 13.7. The first-order valence-corrected chi connectivity index (χ1v) is 13.3. The van der Waals surface area contributed by atoms with Crippen LogP contribution >= 0.6 is 11.6 Å². The summed E-state index contributed by atoms with van der Waals surface area (Å²) in [4.78, 5) is 30.4. The average molecular weight is 578 g/mol. The standard InChI is InChI=1S/C31H32ClN3O6/c1-17(2)22-15-23(18(3)12-26(22)38-5)29-34-25-11-9-8-10-21(25)30(36)35(29)33-16-20-13-24(32)28(27(14-20)39-6)41-19(4)31(37)40-7/h8-17,19H,1-7H3/t19-/m1/s1. The van der Waals surface area contributed by atoms with E-state index < -0.39 is 12.1 Å². The van der Waals surface area contributed by atoms with Gasteiger partial charge >= 0.3 is 5.97 Å². The monoisotopic (exact) mass is 577 g/mol. The van der Waals surface area contributed by atoms with Gasteiger partial charge in [0.1, 0.15) is 5.75 Å². The molecule has 4 rings (SSSR count). The number of aromatic nitrogens is 2. The maximum absolute atomic E-state index is 13.7. The van der Waals surface area contributed by atoms with Crippen molar-refractivity contribution in [3.8, 4) is 28.6 Å². The Balaban J connectivity index is 1.88. The summed E-state index contributed by atoms with van der Waals surface area (Å²) in [7, 11) is 4.37. The summed E-state index contributed by atoms with van der Waals surface area (Å²) >= 11 is 6.51. The first-order chi connectivity index (χ1) is 19.6. The molecule has 0 amide bonds. The number of rotatable bonds is 9. The van der Waals surface area contributed by atoms with E-state index in [1.807, 2.05) is 25.1 Å². The van der Waals surface area contributed by atoms with Crippen LogP contribution in [0.15, 0.2) is 58.4 Å². The second-order valence-electron chi connectivity index (χ2n) is 9.70. The predicted octanol–water partition coefficient (Wildman–Crippen LogP) is 5.99. The summed E-state index contributed by atoms with van der Waals surface area (Å²) in [6.07, 6.45) is 0.588. The van der Waals surface area contributed by atoms with Crippen molar-refractivity contribution in [2.45, 2.75) is 39.7 Å². The highest BCUT2D eigenvalue weighted by atomic mass is 35.5. The Labute approximate surface area is 243 Å². The zero-order valence-electron chi connectivity index (χ0n) is 24.0. The van der Waals surface area contributed by atoms with E-state index in [0.29, 0.717) is 22.3 Å². The summed E-state index contributed by atoms with van der Waals surface area (Å²) in [5.41, 5.74) is 3.39. The molecule has 0 aliphatic heterocycles. The van der Waals surface area contributed by atoms with Crippen molar-refractivity contribution in [3.63, 3.8) is 0 Å². The zero-order chi connectivity index (χ0) is 29.8. The van der Waals surface area contributed by atoms with Crippen molar-refractivity contribution in [2.24, 2.45) is 5.10 Å². The molecular formula is C31H32ClN3O6. The lowest BCUT2D eigenvalue weighted by atomic mass is 9.96. The van der Waals surface area contributed by atoms with Gasteiger partial charge in [0.2, 0.25) is 0 Å². The normalized spacial score (nSPS) is 12.1. The first kappa shape index (κ1) is 29.6. The highest BCUT2D eigenvalue weighted by Crippen LogP contribution is 2.37. The third kappa shape index (κ3) is 6.05. The molecule has 9 nitrogen and oxygen atoms in total. The molecule has 214 valence electrons. The Bertz CT molecular complexity index is 1700. The van der Waals surface area contributed by atoms with Gasteiger partial charge in [0.15, 0.2) is 23.4 Å². The molecule has 4 aromatic rings. The fourth-order valence-corrected chi connectivity index (χ4v) is 4.68. The van der Waals surface area contributed by atoms with Gasteiger partial charge in [-0.15, -0.1) is 0 Å². The van der Waals surface area contributed by atoms with Crippen molar-refractivity contribution < 1.29 is 23.7 Å². The molecule has 0 fully saturated rings. The number of para-hydroxylation sites is 1. The molecule has 41 heavy (non-hydrogen) atoms. The molecule has 0 radical (unpaired) electrons. The van der Waals surface area contributed by atoms with E-state index in [2.05, 4.69) is 18.9 Å². The Morgan fingerprint density at radius 2 is 1.73 bits per heavy atom. The van der Waals surface area contributed by atoms with Crippen molar-refractivity contribution in [1.29, 1.82) is 0 Å². The number of methoxy groups -OCH3 is 3. The molecule has 0 aliphatic rings. The second-order valence-corrected chi connectivity index (χ2v) is 10.1. The summed E-state index contributed by atoms with van der Waals surface area (Å²) in [6, 6.07) is 14.3. The number of hydrogen-bond acceptors (Lipinski definition) is 8. The number of carbonyl (C=O) groups is 1. The van der Waals surface area contributed by atoms with Crippen LogP contribution < -0.4 is 19.8 Å². The molecule has 0 N–H and O–H groups in total. The number of nitrogens with zero attached hydrogens (tertiary/aromatic N) is 3. The van der Waals surface area contributed by atoms with E-state index in [1.165, 1.54) is 25.1 Å². The number of benzene rings is 3. The number of carbonyl (C=O) groups excluding carboxylic acids is 1. The Morgan fingerprint density at radius 1 is 1.02 bits per heavy atom. The molecule has 1 aromatic heterocycles. The molecule has 1 heterocycles. The maximum Gasteiger partial charge on any atom is 0.346 e. The molecule has 0 bridgehead atoms. The van der Waals surface area contributed by atoms with Crippen LogP contribution in [-0.4, -0.2) is 49.3 Å². The van der Waals surface area contributed by atoms with Gasteiger partial charge < -0.3 is 18.9 Å². The van der Waals surface area contributed by atoms with E-state index in [4.69, 9.17) is 35.5 Å². The van der Waals surface area contributed by atoms with E-state index in [-0.39, 0.29) is 28.0 Å². The summed E-state index contributed by atoms with van der Waals surface area (Å²) in [6.45, 7) is 7.64. The predicted molar refractivity (Wildman–Crippen MR) is 160 cm³/mol. The van der Waals surface area contributed by atoms with E-state index in [9.17, 15) is 9.59 Å². The highest BCUT2D eigenvalue weighted by Gasteiger charge is 2.21. The Kier molecular flexibility index (Phi) is 8.98. The van der Waals surface area contributed by atoms with Crippen molar-refractivity contribution >= 4 is 34.7 Å².